The van der Waals surface area contributed by atoms with Crippen LogP contribution in [0.5, 0.6) is 0 Å². The van der Waals surface area contributed by atoms with E-state index in [0.717, 1.165) is 9.97 Å². The molecular weight excluding hydrogens is 332 g/mol. The highest BCUT2D eigenvalue weighted by atomic mass is 35.5. The number of fused-ring (bicyclic) bond motifs is 1. The van der Waals surface area contributed by atoms with Crippen LogP contribution in [0, 0.1) is 6.92 Å². The molecule has 0 aliphatic rings. The van der Waals surface area contributed by atoms with E-state index in [0.29, 0.717) is 5.69 Å². The fourth-order valence-electron chi connectivity index (χ4n) is 1.84. The molecule has 0 spiro atoms. The first kappa shape index (κ1) is 14.5. The Morgan fingerprint density at radius 1 is 1.38 bits per heavy atom. The largest absolute Gasteiger partial charge is 0.242 e. The van der Waals surface area contributed by atoms with Crippen LogP contribution in [0.4, 0.5) is 0 Å². The van der Waals surface area contributed by atoms with E-state index in [9.17, 15) is 8.42 Å². The van der Waals surface area contributed by atoms with E-state index in [2.05, 4.69) is 14.8 Å². The molecule has 0 saturated carbocycles. The molecule has 0 bridgehead atoms. The van der Waals surface area contributed by atoms with Crippen molar-refractivity contribution in [1.29, 1.82) is 0 Å². The number of imidazole rings is 1. The van der Waals surface area contributed by atoms with E-state index in [-0.39, 0.29) is 16.5 Å². The monoisotopic (exact) mass is 342 g/mol. The molecule has 1 N–H and O–H groups in total. The summed E-state index contributed by atoms with van der Waals surface area (Å²) in [4.78, 5) is 5.10. The highest BCUT2D eigenvalue weighted by Gasteiger charge is 2.17. The van der Waals surface area contributed by atoms with Gasteiger partial charge in [-0.15, -0.1) is 0 Å². The van der Waals surface area contributed by atoms with E-state index < -0.39 is 10.0 Å². The van der Waals surface area contributed by atoms with Crippen LogP contribution in [0.1, 0.15) is 10.7 Å². The van der Waals surface area contributed by atoms with E-state index in [1.165, 1.54) is 23.5 Å². The predicted molar refractivity (Wildman–Crippen MR) is 81.1 cm³/mol. The van der Waals surface area contributed by atoms with Gasteiger partial charge in [0.1, 0.15) is 9.90 Å². The molecule has 0 aliphatic carbocycles. The van der Waals surface area contributed by atoms with Crippen molar-refractivity contribution in [3.05, 3.63) is 46.2 Å². The average Bonchev–Trinajstić information content (AvgIpc) is 2.93. The van der Waals surface area contributed by atoms with Gasteiger partial charge < -0.3 is 0 Å². The highest BCUT2D eigenvalue weighted by molar-refractivity contribution is 7.89. The minimum atomic E-state index is -3.67. The molecule has 0 saturated heterocycles. The van der Waals surface area contributed by atoms with Crippen molar-refractivity contribution in [3.63, 3.8) is 0 Å². The van der Waals surface area contributed by atoms with E-state index in [4.69, 9.17) is 11.6 Å². The molecular formula is C12H11ClN4O2S2. The number of halogens is 1. The van der Waals surface area contributed by atoms with Crippen LogP contribution in [-0.2, 0) is 16.6 Å². The number of nitrogens with zero attached hydrogens (tertiary/aromatic N) is 3. The molecule has 0 amide bonds. The average molecular weight is 343 g/mol. The molecule has 110 valence electrons. The summed E-state index contributed by atoms with van der Waals surface area (Å²) >= 11 is 7.36. The smallest absolute Gasteiger partial charge is 0.221 e. The summed E-state index contributed by atoms with van der Waals surface area (Å²) in [7, 11) is -3.67. The summed E-state index contributed by atoms with van der Waals surface area (Å²) in [5.74, 6) is 0. The fraction of sp³-hybridized carbons (Fsp3) is 0.167. The Hall–Kier alpha value is -1.48. The minimum Gasteiger partial charge on any atom is -0.221 e. The van der Waals surface area contributed by atoms with Crippen molar-refractivity contribution in [2.75, 3.05) is 0 Å². The number of aromatic nitrogens is 3. The number of hydrogen-bond donors (Lipinski definition) is 1. The first-order valence-electron chi connectivity index (χ1n) is 6.01. The van der Waals surface area contributed by atoms with Crippen molar-refractivity contribution in [2.24, 2.45) is 0 Å². The first-order chi connectivity index (χ1) is 9.95. The Bertz CT molecular complexity index is 870. The molecule has 2 heterocycles. The second-order valence-corrected chi connectivity index (χ2v) is 7.64. The lowest BCUT2D eigenvalue weighted by atomic mass is 10.4. The number of rotatable bonds is 4. The standard InChI is InChI=1S/C12H11ClN4O2S2/c1-8-16-17-7-9(15-12(17)20-8)6-14-21(18,19)11-5-3-2-4-10(11)13/h2-5,7,14H,6H2,1H3. The fourth-order valence-corrected chi connectivity index (χ4v) is 4.10. The maximum absolute atomic E-state index is 12.2. The first-order valence-corrected chi connectivity index (χ1v) is 8.69. The van der Waals surface area contributed by atoms with Gasteiger partial charge in [-0.2, -0.15) is 5.10 Å². The topological polar surface area (TPSA) is 76.4 Å². The lowest BCUT2D eigenvalue weighted by Gasteiger charge is -2.06. The molecule has 3 rings (SSSR count). The van der Waals surface area contributed by atoms with Gasteiger partial charge in [0.15, 0.2) is 0 Å². The van der Waals surface area contributed by atoms with Crippen LogP contribution >= 0.6 is 22.9 Å². The SMILES string of the molecule is Cc1nn2cc(CNS(=O)(=O)c3ccccc3Cl)nc2s1. The molecule has 0 fully saturated rings. The Morgan fingerprint density at radius 2 is 2.14 bits per heavy atom. The summed E-state index contributed by atoms with van der Waals surface area (Å²) in [6, 6.07) is 6.30. The molecule has 0 aliphatic heterocycles. The highest BCUT2D eigenvalue weighted by Crippen LogP contribution is 2.20. The van der Waals surface area contributed by atoms with Gasteiger partial charge >= 0.3 is 0 Å². The molecule has 3 aromatic rings. The van der Waals surface area contributed by atoms with Crippen molar-refractivity contribution in [1.82, 2.24) is 19.3 Å². The Kier molecular flexibility index (Phi) is 3.70. The number of aryl methyl sites for hydroxylation is 1. The van der Waals surface area contributed by atoms with Crippen LogP contribution in [-0.4, -0.2) is 23.0 Å². The third-order valence-corrected chi connectivity index (χ3v) is 5.50. The molecule has 1 aromatic carbocycles. The van der Waals surface area contributed by atoms with Crippen LogP contribution in [0.3, 0.4) is 0 Å². The van der Waals surface area contributed by atoms with Gasteiger partial charge in [0, 0.05) is 0 Å². The second-order valence-electron chi connectivity index (χ2n) is 4.34. The normalized spacial score (nSPS) is 12.1. The Balaban J connectivity index is 1.80. The molecule has 2 aromatic heterocycles. The van der Waals surface area contributed by atoms with Crippen LogP contribution in [0.15, 0.2) is 35.4 Å². The molecule has 0 unspecified atom stereocenters. The summed E-state index contributed by atoms with van der Waals surface area (Å²) in [6.07, 6.45) is 1.70. The van der Waals surface area contributed by atoms with E-state index in [1.54, 1.807) is 22.8 Å². The van der Waals surface area contributed by atoms with E-state index >= 15 is 0 Å². The molecule has 0 atom stereocenters. The number of nitrogens with one attached hydrogen (secondary N) is 1. The van der Waals surface area contributed by atoms with Gasteiger partial charge in [-0.1, -0.05) is 35.1 Å². The zero-order valence-corrected chi connectivity index (χ0v) is 13.3. The molecule has 21 heavy (non-hydrogen) atoms. The lowest BCUT2D eigenvalue weighted by Crippen LogP contribution is -2.23. The minimum absolute atomic E-state index is 0.0571. The van der Waals surface area contributed by atoms with Crippen molar-refractivity contribution in [2.45, 2.75) is 18.4 Å². The summed E-state index contributed by atoms with van der Waals surface area (Å²) in [6.45, 7) is 1.97. The predicted octanol–water partition coefficient (Wildman–Crippen LogP) is 2.23. The van der Waals surface area contributed by atoms with Crippen LogP contribution in [0.2, 0.25) is 5.02 Å². The summed E-state index contributed by atoms with van der Waals surface area (Å²) < 4.78 is 28.5. The van der Waals surface area contributed by atoms with Crippen LogP contribution < -0.4 is 4.72 Å². The number of sulfonamides is 1. The summed E-state index contributed by atoms with van der Waals surface area (Å²) in [5, 5.41) is 5.32. The van der Waals surface area contributed by atoms with Gasteiger partial charge in [-0.25, -0.2) is 22.6 Å². The van der Waals surface area contributed by atoms with Crippen LogP contribution in [0.25, 0.3) is 4.96 Å². The molecule has 9 heteroatoms. The van der Waals surface area contributed by atoms with Gasteiger partial charge in [-0.3, -0.25) is 0 Å². The maximum Gasteiger partial charge on any atom is 0.242 e. The third-order valence-electron chi connectivity index (χ3n) is 2.76. The molecule has 0 radical (unpaired) electrons. The zero-order chi connectivity index (χ0) is 15.0. The van der Waals surface area contributed by atoms with Gasteiger partial charge in [0.25, 0.3) is 0 Å². The maximum atomic E-state index is 12.2. The number of benzene rings is 1. The third kappa shape index (κ3) is 2.93. The van der Waals surface area contributed by atoms with E-state index in [1.807, 2.05) is 6.92 Å². The Morgan fingerprint density at radius 3 is 2.86 bits per heavy atom. The van der Waals surface area contributed by atoms with Gasteiger partial charge in [-0.05, 0) is 19.1 Å². The number of hydrogen-bond acceptors (Lipinski definition) is 5. The second kappa shape index (κ2) is 5.38. The summed E-state index contributed by atoms with van der Waals surface area (Å²) in [5.41, 5.74) is 0.601. The van der Waals surface area contributed by atoms with Gasteiger partial charge in [0.2, 0.25) is 15.0 Å². The van der Waals surface area contributed by atoms with Crippen molar-refractivity contribution < 1.29 is 8.42 Å². The van der Waals surface area contributed by atoms with Gasteiger partial charge in [0.05, 0.1) is 23.5 Å². The Labute approximate surface area is 130 Å². The lowest BCUT2D eigenvalue weighted by molar-refractivity contribution is 0.580. The quantitative estimate of drug-likeness (QED) is 0.788. The van der Waals surface area contributed by atoms with Crippen molar-refractivity contribution in [3.8, 4) is 0 Å². The van der Waals surface area contributed by atoms with Crippen molar-refractivity contribution >= 4 is 37.9 Å². The molecule has 6 nitrogen and oxygen atoms in total. The zero-order valence-electron chi connectivity index (χ0n) is 10.9.